The molecule has 25 heavy (non-hydrogen) atoms. The molecule has 4 aromatic rings. The molecule has 0 aliphatic carbocycles. The maximum absolute atomic E-state index is 12.5. The highest BCUT2D eigenvalue weighted by Gasteiger charge is 2.19. The number of amides is 1. The smallest absolute Gasteiger partial charge is 0.279 e. The lowest BCUT2D eigenvalue weighted by atomic mass is 10.3. The number of nitrogens with zero attached hydrogens (tertiary/aromatic N) is 4. The summed E-state index contributed by atoms with van der Waals surface area (Å²) in [5.74, 6) is -0.343. The molecule has 0 radical (unpaired) electrons. The minimum atomic E-state index is -0.343. The van der Waals surface area contributed by atoms with Crippen LogP contribution in [0.4, 0.5) is 5.13 Å². The van der Waals surface area contributed by atoms with Crippen molar-refractivity contribution in [3.63, 3.8) is 0 Å². The number of hydrogen-bond acceptors (Lipinski definition) is 5. The highest BCUT2D eigenvalue weighted by molar-refractivity contribution is 7.22. The van der Waals surface area contributed by atoms with E-state index >= 15 is 0 Å². The number of rotatable bonds is 3. The van der Waals surface area contributed by atoms with Crippen LogP contribution in [0.5, 0.6) is 0 Å². The number of carbonyl (C=O) groups is 1. The van der Waals surface area contributed by atoms with Gasteiger partial charge in [0.25, 0.3) is 5.91 Å². The lowest BCUT2D eigenvalue weighted by molar-refractivity contribution is 0.102. The topological polar surface area (TPSA) is 72.7 Å². The average molecular weight is 370 g/mol. The first kappa shape index (κ1) is 15.7. The van der Waals surface area contributed by atoms with Crippen molar-refractivity contribution in [2.24, 2.45) is 0 Å². The highest BCUT2D eigenvalue weighted by atomic mass is 35.5. The highest BCUT2D eigenvalue weighted by Crippen LogP contribution is 2.26. The quantitative estimate of drug-likeness (QED) is 0.590. The fraction of sp³-hybridized carbons (Fsp3) is 0.0588. The maximum atomic E-state index is 12.5. The number of anilines is 1. The van der Waals surface area contributed by atoms with Gasteiger partial charge in [-0.1, -0.05) is 46.4 Å². The molecular weight excluding hydrogens is 358 g/mol. The molecule has 2 aromatic carbocycles. The molecule has 0 saturated heterocycles. The molecule has 124 valence electrons. The molecule has 4 rings (SSSR count). The first-order chi connectivity index (χ1) is 12.1. The van der Waals surface area contributed by atoms with Gasteiger partial charge in [0.1, 0.15) is 0 Å². The largest absolute Gasteiger partial charge is 0.296 e. The summed E-state index contributed by atoms with van der Waals surface area (Å²) in [6.07, 6.45) is 0. The Balaban J connectivity index is 1.62. The molecule has 0 fully saturated rings. The van der Waals surface area contributed by atoms with Gasteiger partial charge in [0, 0.05) is 5.02 Å². The van der Waals surface area contributed by atoms with Crippen molar-refractivity contribution in [1.29, 1.82) is 0 Å². The predicted molar refractivity (Wildman–Crippen MR) is 98.7 cm³/mol. The van der Waals surface area contributed by atoms with Crippen LogP contribution in [0.25, 0.3) is 15.9 Å². The Kier molecular flexibility index (Phi) is 3.95. The van der Waals surface area contributed by atoms with Crippen molar-refractivity contribution >= 4 is 44.2 Å². The van der Waals surface area contributed by atoms with Crippen LogP contribution in [-0.2, 0) is 0 Å². The van der Waals surface area contributed by atoms with Crippen molar-refractivity contribution < 1.29 is 4.79 Å². The number of halogens is 1. The SMILES string of the molecule is Cc1c(C(=O)Nc2nc3ccccc3s2)nnn1-c1cccc(Cl)c1. The zero-order valence-corrected chi connectivity index (χ0v) is 14.7. The molecule has 0 bridgehead atoms. The lowest BCUT2D eigenvalue weighted by Crippen LogP contribution is -2.14. The summed E-state index contributed by atoms with van der Waals surface area (Å²) >= 11 is 7.43. The summed E-state index contributed by atoms with van der Waals surface area (Å²) in [6, 6.07) is 14.9. The Morgan fingerprint density at radius 1 is 1.20 bits per heavy atom. The number of fused-ring (bicyclic) bond motifs is 1. The van der Waals surface area contributed by atoms with Gasteiger partial charge in [0.05, 0.1) is 21.6 Å². The number of thiazole rings is 1. The van der Waals surface area contributed by atoms with Gasteiger partial charge in [-0.2, -0.15) is 0 Å². The summed E-state index contributed by atoms with van der Waals surface area (Å²) in [7, 11) is 0. The Labute approximate surface area is 152 Å². The van der Waals surface area contributed by atoms with Crippen LogP contribution in [0.3, 0.4) is 0 Å². The molecule has 0 aliphatic rings. The average Bonchev–Trinajstić information content (AvgIpc) is 3.17. The van der Waals surface area contributed by atoms with E-state index in [9.17, 15) is 4.79 Å². The minimum absolute atomic E-state index is 0.249. The van der Waals surface area contributed by atoms with E-state index < -0.39 is 0 Å². The van der Waals surface area contributed by atoms with Crippen molar-refractivity contribution in [3.8, 4) is 5.69 Å². The van der Waals surface area contributed by atoms with Gasteiger partial charge in [-0.05, 0) is 37.3 Å². The number of hydrogen-bond donors (Lipinski definition) is 1. The van der Waals surface area contributed by atoms with Crippen LogP contribution in [0, 0.1) is 6.92 Å². The molecule has 0 saturated carbocycles. The second kappa shape index (κ2) is 6.27. The van der Waals surface area contributed by atoms with E-state index in [0.717, 1.165) is 15.9 Å². The first-order valence-electron chi connectivity index (χ1n) is 7.47. The molecule has 8 heteroatoms. The molecule has 0 atom stereocenters. The van der Waals surface area contributed by atoms with E-state index in [-0.39, 0.29) is 11.6 Å². The second-order valence-electron chi connectivity index (χ2n) is 5.36. The molecular formula is C17H12ClN5OS. The molecule has 6 nitrogen and oxygen atoms in total. The fourth-order valence-corrected chi connectivity index (χ4v) is 3.52. The summed E-state index contributed by atoms with van der Waals surface area (Å²) in [6.45, 7) is 1.79. The number of carbonyl (C=O) groups excluding carboxylic acids is 1. The van der Waals surface area contributed by atoms with Crippen LogP contribution in [0.2, 0.25) is 5.02 Å². The maximum Gasteiger partial charge on any atom is 0.279 e. The molecule has 2 aromatic heterocycles. The summed E-state index contributed by atoms with van der Waals surface area (Å²) in [4.78, 5) is 16.9. The summed E-state index contributed by atoms with van der Waals surface area (Å²) in [5.41, 5.74) is 2.47. The van der Waals surface area contributed by atoms with Gasteiger partial charge in [-0.3, -0.25) is 10.1 Å². The minimum Gasteiger partial charge on any atom is -0.296 e. The molecule has 0 spiro atoms. The van der Waals surface area contributed by atoms with E-state index in [0.29, 0.717) is 15.8 Å². The van der Waals surface area contributed by atoms with Gasteiger partial charge in [-0.15, -0.1) is 5.10 Å². The van der Waals surface area contributed by atoms with Gasteiger partial charge in [0.15, 0.2) is 10.8 Å². The number of benzene rings is 2. The number of para-hydroxylation sites is 1. The normalized spacial score (nSPS) is 11.0. The molecule has 0 aliphatic heterocycles. The molecule has 2 heterocycles. The Morgan fingerprint density at radius 3 is 2.84 bits per heavy atom. The second-order valence-corrected chi connectivity index (χ2v) is 6.82. The Morgan fingerprint density at radius 2 is 2.04 bits per heavy atom. The molecule has 0 unspecified atom stereocenters. The van der Waals surface area contributed by atoms with Crippen molar-refractivity contribution in [3.05, 3.63) is 64.9 Å². The predicted octanol–water partition coefficient (Wildman–Crippen LogP) is 4.09. The van der Waals surface area contributed by atoms with E-state index in [1.165, 1.54) is 11.3 Å². The Hall–Kier alpha value is -2.77. The lowest BCUT2D eigenvalue weighted by Gasteiger charge is -2.04. The zero-order chi connectivity index (χ0) is 17.4. The Bertz CT molecular complexity index is 1050. The summed E-state index contributed by atoms with van der Waals surface area (Å²) in [5, 5.41) is 12.0. The number of nitrogens with one attached hydrogen (secondary N) is 1. The van der Waals surface area contributed by atoms with Gasteiger partial charge < -0.3 is 0 Å². The van der Waals surface area contributed by atoms with Crippen LogP contribution >= 0.6 is 22.9 Å². The molecule has 1 amide bonds. The van der Waals surface area contributed by atoms with Crippen molar-refractivity contribution in [2.75, 3.05) is 5.32 Å². The van der Waals surface area contributed by atoms with Crippen LogP contribution in [0.15, 0.2) is 48.5 Å². The van der Waals surface area contributed by atoms with Crippen molar-refractivity contribution in [1.82, 2.24) is 20.0 Å². The van der Waals surface area contributed by atoms with Crippen LogP contribution < -0.4 is 5.32 Å². The van der Waals surface area contributed by atoms with E-state index in [2.05, 4.69) is 20.6 Å². The number of aromatic nitrogens is 4. The monoisotopic (exact) mass is 369 g/mol. The van der Waals surface area contributed by atoms with Gasteiger partial charge in [0.2, 0.25) is 0 Å². The standard InChI is InChI=1S/C17H12ClN5OS/c1-10-15(21-22-23(10)12-6-4-5-11(18)9-12)16(24)20-17-19-13-7-2-3-8-14(13)25-17/h2-9H,1H3,(H,19,20,24). The van der Waals surface area contributed by atoms with E-state index in [4.69, 9.17) is 11.6 Å². The van der Waals surface area contributed by atoms with Gasteiger partial charge >= 0.3 is 0 Å². The fourth-order valence-electron chi connectivity index (χ4n) is 2.47. The van der Waals surface area contributed by atoms with Crippen LogP contribution in [-0.4, -0.2) is 25.9 Å². The molecule has 1 N–H and O–H groups in total. The third-order valence-corrected chi connectivity index (χ3v) is 4.86. The van der Waals surface area contributed by atoms with E-state index in [1.54, 1.807) is 23.7 Å². The van der Waals surface area contributed by atoms with Crippen molar-refractivity contribution in [2.45, 2.75) is 6.92 Å². The third kappa shape index (κ3) is 2.99. The summed E-state index contributed by atoms with van der Waals surface area (Å²) < 4.78 is 2.59. The van der Waals surface area contributed by atoms with Gasteiger partial charge in [-0.25, -0.2) is 9.67 Å². The third-order valence-electron chi connectivity index (χ3n) is 3.68. The van der Waals surface area contributed by atoms with Crippen LogP contribution in [0.1, 0.15) is 16.2 Å². The first-order valence-corrected chi connectivity index (χ1v) is 8.66. The zero-order valence-electron chi connectivity index (χ0n) is 13.1. The van der Waals surface area contributed by atoms with E-state index in [1.807, 2.05) is 36.4 Å².